The van der Waals surface area contributed by atoms with Gasteiger partial charge < -0.3 is 9.84 Å². The van der Waals surface area contributed by atoms with Gasteiger partial charge in [-0.05, 0) is 63.7 Å². The van der Waals surface area contributed by atoms with Gasteiger partial charge in [-0.15, -0.1) is 11.3 Å². The van der Waals surface area contributed by atoms with Crippen LogP contribution in [-0.2, 0) is 10.2 Å². The van der Waals surface area contributed by atoms with E-state index in [1.165, 1.54) is 48.3 Å². The summed E-state index contributed by atoms with van der Waals surface area (Å²) in [6.07, 6.45) is 0. The zero-order valence-corrected chi connectivity index (χ0v) is 21.4. The van der Waals surface area contributed by atoms with E-state index in [0.29, 0.717) is 26.2 Å². The number of ether oxygens (including phenoxy) is 1. The molecule has 0 atom stereocenters. The normalized spacial score (nSPS) is 11.9. The summed E-state index contributed by atoms with van der Waals surface area (Å²) in [5, 5.41) is 15.1. The Hall–Kier alpha value is -2.97. The van der Waals surface area contributed by atoms with Crippen LogP contribution in [0.4, 0.5) is 0 Å². The number of halogens is 1. The summed E-state index contributed by atoms with van der Waals surface area (Å²) in [7, 11) is 1.30. The highest BCUT2D eigenvalue weighted by atomic mass is 79.9. The fraction of sp³-hybridized carbons (Fsp3) is 0.240. The molecule has 3 rings (SSSR count). The quantitative estimate of drug-likeness (QED) is 0.237. The molecule has 8 heteroatoms. The molecular weight excluding hydrogens is 504 g/mol. The van der Waals surface area contributed by atoms with Crippen LogP contribution in [0.5, 0.6) is 5.75 Å². The fourth-order valence-corrected chi connectivity index (χ4v) is 5.10. The van der Waals surface area contributed by atoms with E-state index in [1.54, 1.807) is 6.92 Å². The van der Waals surface area contributed by atoms with Crippen LogP contribution in [0.25, 0.3) is 10.4 Å². The van der Waals surface area contributed by atoms with Crippen LogP contribution >= 0.6 is 27.3 Å². The van der Waals surface area contributed by atoms with E-state index in [4.69, 9.17) is 0 Å². The van der Waals surface area contributed by atoms with Crippen molar-refractivity contribution in [3.8, 4) is 16.2 Å². The van der Waals surface area contributed by atoms with E-state index in [0.717, 1.165) is 10.4 Å². The van der Waals surface area contributed by atoms with Crippen molar-refractivity contribution in [1.82, 2.24) is 5.43 Å². The van der Waals surface area contributed by atoms with E-state index in [2.05, 4.69) is 64.1 Å². The molecule has 1 heterocycles. The van der Waals surface area contributed by atoms with Gasteiger partial charge in [-0.25, -0.2) is 10.2 Å². The molecule has 0 aliphatic heterocycles. The Balaban J connectivity index is 1.80. The number of nitrogens with one attached hydrogen (secondary N) is 1. The number of rotatable bonds is 5. The van der Waals surface area contributed by atoms with Crippen LogP contribution in [-0.4, -0.2) is 29.8 Å². The third-order valence-corrected chi connectivity index (χ3v) is 7.01. The second kappa shape index (κ2) is 9.89. The molecule has 0 fully saturated rings. The first-order chi connectivity index (χ1) is 15.5. The Morgan fingerprint density at radius 1 is 1.03 bits per heavy atom. The van der Waals surface area contributed by atoms with Crippen LogP contribution in [0.15, 0.2) is 57.4 Å². The van der Waals surface area contributed by atoms with Crippen molar-refractivity contribution in [2.45, 2.75) is 33.1 Å². The van der Waals surface area contributed by atoms with E-state index in [1.807, 2.05) is 12.1 Å². The van der Waals surface area contributed by atoms with Crippen molar-refractivity contribution < 1.29 is 19.4 Å². The molecule has 33 heavy (non-hydrogen) atoms. The topological polar surface area (TPSA) is 88.0 Å². The lowest BCUT2D eigenvalue weighted by molar-refractivity contribution is 0.0600. The molecule has 172 valence electrons. The second-order valence-electron chi connectivity index (χ2n) is 8.46. The van der Waals surface area contributed by atoms with Gasteiger partial charge in [0.05, 0.1) is 32.6 Å². The first-order valence-electron chi connectivity index (χ1n) is 10.2. The van der Waals surface area contributed by atoms with Gasteiger partial charge >= 0.3 is 5.97 Å². The summed E-state index contributed by atoms with van der Waals surface area (Å²) in [4.78, 5) is 24.7. The molecular formula is C25H25BrN2O4S. The molecule has 1 amide bonds. The zero-order valence-electron chi connectivity index (χ0n) is 19.0. The predicted molar refractivity (Wildman–Crippen MR) is 135 cm³/mol. The summed E-state index contributed by atoms with van der Waals surface area (Å²) in [5.41, 5.74) is 6.32. The Bertz CT molecular complexity index is 1210. The molecule has 0 saturated carbocycles. The van der Waals surface area contributed by atoms with Crippen molar-refractivity contribution in [3.63, 3.8) is 0 Å². The first kappa shape index (κ1) is 24.7. The smallest absolute Gasteiger partial charge is 0.337 e. The number of amides is 1. The van der Waals surface area contributed by atoms with E-state index >= 15 is 0 Å². The average Bonchev–Trinajstić information content (AvgIpc) is 3.10. The minimum Gasteiger partial charge on any atom is -0.506 e. The minimum absolute atomic E-state index is 0.0445. The summed E-state index contributed by atoms with van der Waals surface area (Å²) >= 11 is 4.92. The largest absolute Gasteiger partial charge is 0.506 e. The van der Waals surface area contributed by atoms with E-state index in [-0.39, 0.29) is 11.2 Å². The summed E-state index contributed by atoms with van der Waals surface area (Å²) in [5.74, 6) is -0.805. The number of thiophene rings is 1. The number of aromatic hydroxyl groups is 1. The number of benzene rings is 2. The Kier molecular flexibility index (Phi) is 7.39. The number of hydrogen-bond donors (Lipinski definition) is 2. The maximum atomic E-state index is 12.4. The number of esters is 1. The molecule has 0 spiro atoms. The van der Waals surface area contributed by atoms with Crippen molar-refractivity contribution in [2.75, 3.05) is 7.11 Å². The van der Waals surface area contributed by atoms with Crippen LogP contribution in [0.2, 0.25) is 0 Å². The number of hydrogen-bond acceptors (Lipinski definition) is 6. The van der Waals surface area contributed by atoms with E-state index < -0.39 is 11.9 Å². The molecule has 2 aromatic carbocycles. The minimum atomic E-state index is -0.475. The van der Waals surface area contributed by atoms with Gasteiger partial charge in [0.1, 0.15) is 5.75 Å². The molecule has 0 unspecified atom stereocenters. The lowest BCUT2D eigenvalue weighted by Gasteiger charge is -2.19. The van der Waals surface area contributed by atoms with Crippen molar-refractivity contribution in [1.29, 1.82) is 0 Å². The van der Waals surface area contributed by atoms with Crippen molar-refractivity contribution in [2.24, 2.45) is 5.10 Å². The fourth-order valence-electron chi connectivity index (χ4n) is 3.16. The van der Waals surface area contributed by atoms with Gasteiger partial charge in [-0.1, -0.05) is 45.0 Å². The number of carbonyl (C=O) groups excluding carboxylic acids is 2. The standard InChI is InChI=1S/C25H25BrN2O4S/c1-14(27-28-23(30)16-6-8-17(9-7-16)24(31)32-5)19-20(29)21(33-22(19)26)15-10-12-18(13-11-15)25(2,3)4/h6-13,29H,1-5H3,(H,28,30)/b27-14+. The monoisotopic (exact) mass is 528 g/mol. The summed E-state index contributed by atoms with van der Waals surface area (Å²) in [6, 6.07) is 14.2. The van der Waals surface area contributed by atoms with Gasteiger partial charge in [0, 0.05) is 5.56 Å². The van der Waals surface area contributed by atoms with Crippen molar-refractivity contribution >= 4 is 44.9 Å². The predicted octanol–water partition coefficient (Wildman–Crippen LogP) is 6.12. The van der Waals surface area contributed by atoms with Crippen LogP contribution in [0.1, 0.15) is 59.5 Å². The highest BCUT2D eigenvalue weighted by Gasteiger charge is 2.21. The highest BCUT2D eigenvalue weighted by Crippen LogP contribution is 2.45. The Labute approximate surface area is 205 Å². The third kappa shape index (κ3) is 5.51. The molecule has 3 aromatic rings. The molecule has 0 radical (unpaired) electrons. The third-order valence-electron chi connectivity index (χ3n) is 5.11. The molecule has 1 aromatic heterocycles. The van der Waals surface area contributed by atoms with Gasteiger partial charge in [0.15, 0.2) is 0 Å². The van der Waals surface area contributed by atoms with Gasteiger partial charge in [0.2, 0.25) is 0 Å². The average molecular weight is 529 g/mol. The van der Waals surface area contributed by atoms with Gasteiger partial charge in [-0.3, -0.25) is 4.79 Å². The SMILES string of the molecule is COC(=O)c1ccc(C(=O)N/N=C(\C)c2c(Br)sc(-c3ccc(C(C)(C)C)cc3)c2O)cc1. The lowest BCUT2D eigenvalue weighted by Crippen LogP contribution is -2.19. The molecule has 6 nitrogen and oxygen atoms in total. The number of methoxy groups -OCH3 is 1. The summed E-state index contributed by atoms with van der Waals surface area (Å²) < 4.78 is 5.37. The maximum Gasteiger partial charge on any atom is 0.337 e. The van der Waals surface area contributed by atoms with Crippen LogP contribution in [0.3, 0.4) is 0 Å². The second-order valence-corrected chi connectivity index (χ2v) is 10.8. The summed E-state index contributed by atoms with van der Waals surface area (Å²) in [6.45, 7) is 8.17. The van der Waals surface area contributed by atoms with E-state index in [9.17, 15) is 14.7 Å². The number of carbonyl (C=O) groups is 2. The Morgan fingerprint density at radius 3 is 2.15 bits per heavy atom. The Morgan fingerprint density at radius 2 is 1.61 bits per heavy atom. The first-order valence-corrected chi connectivity index (χ1v) is 11.8. The molecule has 0 aliphatic carbocycles. The number of hydrazone groups is 1. The molecule has 0 aliphatic rings. The molecule has 0 bridgehead atoms. The zero-order chi connectivity index (χ0) is 24.3. The van der Waals surface area contributed by atoms with Gasteiger partial charge in [-0.2, -0.15) is 5.10 Å². The number of nitrogens with zero attached hydrogens (tertiary/aromatic N) is 1. The highest BCUT2D eigenvalue weighted by molar-refractivity contribution is 9.11. The van der Waals surface area contributed by atoms with Crippen molar-refractivity contribution in [3.05, 3.63) is 74.6 Å². The molecule has 0 saturated heterocycles. The lowest BCUT2D eigenvalue weighted by atomic mass is 9.86. The maximum absolute atomic E-state index is 12.4. The van der Waals surface area contributed by atoms with Crippen LogP contribution < -0.4 is 5.43 Å². The molecule has 2 N–H and O–H groups in total. The van der Waals surface area contributed by atoms with Gasteiger partial charge in [0.25, 0.3) is 5.91 Å². The van der Waals surface area contributed by atoms with Crippen LogP contribution in [0, 0.1) is 0 Å².